The molecule has 0 N–H and O–H groups in total. The highest BCUT2D eigenvalue weighted by Gasteiger charge is 2.23. The zero-order valence-electron chi connectivity index (χ0n) is 16.3. The van der Waals surface area contributed by atoms with Crippen molar-refractivity contribution in [3.8, 4) is 5.75 Å². The van der Waals surface area contributed by atoms with Gasteiger partial charge in [-0.1, -0.05) is 29.5 Å². The molecule has 1 saturated heterocycles. The summed E-state index contributed by atoms with van der Waals surface area (Å²) in [6.07, 6.45) is 0. The minimum Gasteiger partial charge on any atom is -0.492 e. The summed E-state index contributed by atoms with van der Waals surface area (Å²) < 4.78 is 6.86. The third-order valence-corrected chi connectivity index (χ3v) is 5.05. The van der Waals surface area contributed by atoms with Crippen LogP contribution in [0, 0.1) is 0 Å². The number of nitrogens with zero attached hydrogens (tertiary/aromatic N) is 5. The first kappa shape index (κ1) is 18.9. The van der Waals surface area contributed by atoms with Crippen LogP contribution in [-0.2, 0) is 11.3 Å². The van der Waals surface area contributed by atoms with E-state index in [1.54, 1.807) is 29.2 Å². The summed E-state index contributed by atoms with van der Waals surface area (Å²) in [6.45, 7) is 5.03. The summed E-state index contributed by atoms with van der Waals surface area (Å²) in [5, 5.41) is 8.42. The van der Waals surface area contributed by atoms with Gasteiger partial charge in [0.25, 0.3) is 5.56 Å². The van der Waals surface area contributed by atoms with Crippen molar-refractivity contribution < 1.29 is 9.53 Å². The van der Waals surface area contributed by atoms with Crippen molar-refractivity contribution in [3.05, 3.63) is 58.9 Å². The van der Waals surface area contributed by atoms with Gasteiger partial charge in [-0.05, 0) is 31.2 Å². The third kappa shape index (κ3) is 3.91. The molecule has 2 aromatic carbocycles. The molecule has 0 spiro atoms. The number of para-hydroxylation sites is 2. The summed E-state index contributed by atoms with van der Waals surface area (Å²) in [6, 6.07) is 14.9. The Morgan fingerprint density at radius 1 is 1.03 bits per heavy atom. The molecule has 0 atom stereocenters. The first-order valence-electron chi connectivity index (χ1n) is 9.74. The predicted octanol–water partition coefficient (Wildman–Crippen LogP) is 1.54. The van der Waals surface area contributed by atoms with E-state index < -0.39 is 0 Å². The minimum absolute atomic E-state index is 0.105. The second-order valence-electron chi connectivity index (χ2n) is 6.84. The Balaban J connectivity index is 1.42. The number of benzene rings is 2. The van der Waals surface area contributed by atoms with Crippen molar-refractivity contribution in [3.63, 3.8) is 0 Å². The van der Waals surface area contributed by atoms with Gasteiger partial charge < -0.3 is 14.5 Å². The zero-order chi connectivity index (χ0) is 20.2. The number of fused-ring (bicyclic) bond motifs is 1. The van der Waals surface area contributed by atoms with E-state index in [1.807, 2.05) is 31.2 Å². The van der Waals surface area contributed by atoms with Crippen molar-refractivity contribution in [2.24, 2.45) is 0 Å². The summed E-state index contributed by atoms with van der Waals surface area (Å²) in [7, 11) is 0. The highest BCUT2D eigenvalue weighted by atomic mass is 16.5. The number of aromatic nitrogens is 3. The monoisotopic (exact) mass is 393 g/mol. The normalized spacial score (nSPS) is 14.2. The van der Waals surface area contributed by atoms with Gasteiger partial charge in [-0.25, -0.2) is 4.68 Å². The van der Waals surface area contributed by atoms with E-state index in [0.29, 0.717) is 43.7 Å². The van der Waals surface area contributed by atoms with Gasteiger partial charge in [0.1, 0.15) is 17.8 Å². The minimum atomic E-state index is -0.298. The number of carbonyl (C=O) groups is 1. The fourth-order valence-electron chi connectivity index (χ4n) is 3.55. The molecule has 2 heterocycles. The molecular weight excluding hydrogens is 370 g/mol. The van der Waals surface area contributed by atoms with Crippen LogP contribution >= 0.6 is 0 Å². The number of rotatable bonds is 5. The standard InChI is InChI=1S/C21H23N5O3/c1-2-29-19-10-6-5-9-18(19)24-11-13-25(14-12-24)20(27)15-26-21(28)16-7-3-4-8-17(16)22-23-26/h3-10H,2,11-15H2,1H3. The fourth-order valence-corrected chi connectivity index (χ4v) is 3.55. The largest absolute Gasteiger partial charge is 0.492 e. The van der Waals surface area contributed by atoms with Crippen LogP contribution in [0.5, 0.6) is 5.75 Å². The van der Waals surface area contributed by atoms with Gasteiger partial charge in [0, 0.05) is 26.2 Å². The van der Waals surface area contributed by atoms with Gasteiger partial charge in [-0.15, -0.1) is 5.10 Å². The molecule has 1 fully saturated rings. The molecule has 0 saturated carbocycles. The number of hydrogen-bond donors (Lipinski definition) is 0. The summed E-state index contributed by atoms with van der Waals surface area (Å²) in [5.74, 6) is 0.724. The molecule has 150 valence electrons. The SMILES string of the molecule is CCOc1ccccc1N1CCN(C(=O)Cn2nnc3ccccc3c2=O)CC1. The van der Waals surface area contributed by atoms with E-state index in [-0.39, 0.29) is 18.0 Å². The maximum Gasteiger partial charge on any atom is 0.278 e. The van der Waals surface area contributed by atoms with Crippen LogP contribution < -0.4 is 15.2 Å². The molecule has 0 aliphatic carbocycles. The average Bonchev–Trinajstić information content (AvgIpc) is 2.76. The Bertz CT molecular complexity index is 1070. The van der Waals surface area contributed by atoms with Crippen LogP contribution in [0.4, 0.5) is 5.69 Å². The Morgan fingerprint density at radius 3 is 2.55 bits per heavy atom. The molecule has 1 aromatic heterocycles. The topological polar surface area (TPSA) is 80.6 Å². The van der Waals surface area contributed by atoms with E-state index in [1.165, 1.54) is 0 Å². The third-order valence-electron chi connectivity index (χ3n) is 5.05. The van der Waals surface area contributed by atoms with Crippen molar-refractivity contribution in [1.29, 1.82) is 0 Å². The van der Waals surface area contributed by atoms with Crippen LogP contribution in [0.25, 0.3) is 10.9 Å². The summed E-state index contributed by atoms with van der Waals surface area (Å²) in [5.41, 5.74) is 1.27. The predicted molar refractivity (Wildman–Crippen MR) is 110 cm³/mol. The number of piperazine rings is 1. The van der Waals surface area contributed by atoms with E-state index >= 15 is 0 Å². The van der Waals surface area contributed by atoms with Crippen LogP contribution in [0.1, 0.15) is 6.92 Å². The maximum absolute atomic E-state index is 12.7. The Labute approximate surface area is 168 Å². The molecule has 1 aliphatic rings. The second kappa shape index (κ2) is 8.30. The van der Waals surface area contributed by atoms with Gasteiger partial charge in [0.15, 0.2) is 0 Å². The van der Waals surface area contributed by atoms with Gasteiger partial charge in [0.05, 0.1) is 17.7 Å². The summed E-state index contributed by atoms with van der Waals surface area (Å²) >= 11 is 0. The lowest BCUT2D eigenvalue weighted by atomic mass is 10.2. The molecule has 1 aliphatic heterocycles. The Morgan fingerprint density at radius 2 is 1.76 bits per heavy atom. The van der Waals surface area contributed by atoms with Crippen LogP contribution in [0.15, 0.2) is 53.3 Å². The average molecular weight is 393 g/mol. The van der Waals surface area contributed by atoms with Gasteiger partial charge >= 0.3 is 0 Å². The quantitative estimate of drug-likeness (QED) is 0.654. The number of carbonyl (C=O) groups excluding carboxylic acids is 1. The number of hydrogen-bond acceptors (Lipinski definition) is 6. The van der Waals surface area contributed by atoms with Gasteiger partial charge in [0.2, 0.25) is 5.91 Å². The van der Waals surface area contributed by atoms with Gasteiger partial charge in [-0.2, -0.15) is 0 Å². The second-order valence-corrected chi connectivity index (χ2v) is 6.84. The zero-order valence-corrected chi connectivity index (χ0v) is 16.3. The smallest absolute Gasteiger partial charge is 0.278 e. The molecule has 29 heavy (non-hydrogen) atoms. The highest BCUT2D eigenvalue weighted by Crippen LogP contribution is 2.28. The van der Waals surface area contributed by atoms with Crippen molar-refractivity contribution in [2.45, 2.75) is 13.5 Å². The molecule has 8 nitrogen and oxygen atoms in total. The van der Waals surface area contributed by atoms with E-state index in [0.717, 1.165) is 16.1 Å². The molecule has 3 aromatic rings. The van der Waals surface area contributed by atoms with Crippen LogP contribution in [-0.4, -0.2) is 58.6 Å². The van der Waals surface area contributed by atoms with Crippen molar-refractivity contribution in [1.82, 2.24) is 19.9 Å². The Kier molecular flexibility index (Phi) is 5.41. The lowest BCUT2D eigenvalue weighted by Gasteiger charge is -2.36. The first-order valence-corrected chi connectivity index (χ1v) is 9.74. The molecular formula is C21H23N5O3. The van der Waals surface area contributed by atoms with E-state index in [9.17, 15) is 9.59 Å². The lowest BCUT2D eigenvalue weighted by Crippen LogP contribution is -2.50. The molecule has 4 rings (SSSR count). The number of anilines is 1. The molecule has 0 bridgehead atoms. The lowest BCUT2D eigenvalue weighted by molar-refractivity contribution is -0.132. The molecule has 8 heteroatoms. The Hall–Kier alpha value is -3.42. The molecule has 0 radical (unpaired) electrons. The van der Waals surface area contributed by atoms with E-state index in [2.05, 4.69) is 15.2 Å². The van der Waals surface area contributed by atoms with Crippen LogP contribution in [0.3, 0.4) is 0 Å². The highest BCUT2D eigenvalue weighted by molar-refractivity contribution is 5.78. The van der Waals surface area contributed by atoms with Crippen LogP contribution in [0.2, 0.25) is 0 Å². The first-order chi connectivity index (χ1) is 14.2. The van der Waals surface area contributed by atoms with Gasteiger partial charge in [-0.3, -0.25) is 9.59 Å². The fraction of sp³-hybridized carbons (Fsp3) is 0.333. The van der Waals surface area contributed by atoms with Crippen molar-refractivity contribution >= 4 is 22.5 Å². The van der Waals surface area contributed by atoms with E-state index in [4.69, 9.17) is 4.74 Å². The van der Waals surface area contributed by atoms with Crippen molar-refractivity contribution in [2.75, 3.05) is 37.7 Å². The summed E-state index contributed by atoms with van der Waals surface area (Å²) in [4.78, 5) is 29.3. The molecule has 1 amide bonds. The molecule has 0 unspecified atom stereocenters. The number of ether oxygens (including phenoxy) is 1. The number of amides is 1. The maximum atomic E-state index is 12.7.